The molecule has 0 saturated carbocycles. The van der Waals surface area contributed by atoms with Gasteiger partial charge in [-0.3, -0.25) is 9.59 Å². The number of aromatic nitrogens is 2. The summed E-state index contributed by atoms with van der Waals surface area (Å²) in [6.45, 7) is 5.87. The first-order valence-corrected chi connectivity index (χ1v) is 10.2. The zero-order valence-electron chi connectivity index (χ0n) is 16.5. The van der Waals surface area contributed by atoms with Crippen molar-refractivity contribution in [2.24, 2.45) is 0 Å². The van der Waals surface area contributed by atoms with Crippen molar-refractivity contribution in [3.8, 4) is 5.69 Å². The van der Waals surface area contributed by atoms with Gasteiger partial charge in [0.25, 0.3) is 5.56 Å². The average Bonchev–Trinajstić information content (AvgIpc) is 2.70. The number of nitrogens with zero attached hydrogens (tertiary/aromatic N) is 2. The summed E-state index contributed by atoms with van der Waals surface area (Å²) in [5.41, 5.74) is 2.52. The van der Waals surface area contributed by atoms with E-state index in [1.165, 1.54) is 34.1 Å². The fraction of sp³-hybridized carbons (Fsp3) is 0.227. The molecule has 0 bridgehead atoms. The van der Waals surface area contributed by atoms with E-state index in [0.29, 0.717) is 27.9 Å². The van der Waals surface area contributed by atoms with E-state index in [2.05, 4.69) is 24.3 Å². The minimum absolute atomic E-state index is 0.0903. The zero-order chi connectivity index (χ0) is 21.0. The number of hydrogen-bond acceptors (Lipinski definition) is 4. The molecular formula is C22H22FN3O2S. The van der Waals surface area contributed by atoms with Crippen LogP contribution < -0.4 is 10.9 Å². The molecule has 0 aliphatic heterocycles. The maximum Gasteiger partial charge on any atom is 0.271 e. The molecule has 3 aromatic rings. The van der Waals surface area contributed by atoms with Crippen LogP contribution >= 0.6 is 11.8 Å². The highest BCUT2D eigenvalue weighted by molar-refractivity contribution is 7.99. The largest absolute Gasteiger partial charge is 0.325 e. The summed E-state index contributed by atoms with van der Waals surface area (Å²) in [6.07, 6.45) is 0. The molecule has 0 saturated heterocycles. The molecule has 1 N–H and O–H groups in total. The summed E-state index contributed by atoms with van der Waals surface area (Å²) in [5, 5.41) is 7.55. The molecule has 2 aromatic carbocycles. The van der Waals surface area contributed by atoms with Gasteiger partial charge in [-0.25, -0.2) is 4.39 Å². The van der Waals surface area contributed by atoms with Crippen LogP contribution in [0.4, 0.5) is 10.1 Å². The predicted molar refractivity (Wildman–Crippen MR) is 114 cm³/mol. The second-order valence-corrected chi connectivity index (χ2v) is 7.96. The van der Waals surface area contributed by atoms with E-state index in [1.807, 2.05) is 24.3 Å². The van der Waals surface area contributed by atoms with E-state index in [0.717, 1.165) is 0 Å². The fourth-order valence-corrected chi connectivity index (χ4v) is 3.32. The van der Waals surface area contributed by atoms with Crippen molar-refractivity contribution in [1.82, 2.24) is 9.78 Å². The monoisotopic (exact) mass is 411 g/mol. The van der Waals surface area contributed by atoms with Gasteiger partial charge in [-0.05, 0) is 54.3 Å². The van der Waals surface area contributed by atoms with Gasteiger partial charge in [0.1, 0.15) is 10.8 Å². The van der Waals surface area contributed by atoms with E-state index >= 15 is 0 Å². The van der Waals surface area contributed by atoms with E-state index in [4.69, 9.17) is 0 Å². The molecule has 0 aliphatic rings. The Balaban J connectivity index is 1.68. The standard InChI is InChI=1S/C22H22FN3O2S/c1-14(2)16-5-8-18(9-6-16)26-22(28)11-10-21(25-26)29-13-20(27)24-17-7-4-15(3)19(23)12-17/h4-12,14H,13H2,1-3H3,(H,24,27). The second-order valence-electron chi connectivity index (χ2n) is 6.97. The molecule has 3 rings (SSSR count). The number of aryl methyl sites for hydroxylation is 1. The highest BCUT2D eigenvalue weighted by Crippen LogP contribution is 2.19. The third-order valence-electron chi connectivity index (χ3n) is 4.39. The first-order valence-electron chi connectivity index (χ1n) is 9.23. The lowest BCUT2D eigenvalue weighted by molar-refractivity contribution is -0.113. The number of amides is 1. The van der Waals surface area contributed by atoms with Crippen molar-refractivity contribution < 1.29 is 9.18 Å². The molecule has 29 heavy (non-hydrogen) atoms. The summed E-state index contributed by atoms with van der Waals surface area (Å²) in [4.78, 5) is 24.4. The number of carbonyl (C=O) groups is 1. The number of carbonyl (C=O) groups excluding carboxylic acids is 1. The van der Waals surface area contributed by atoms with Crippen molar-refractivity contribution in [2.45, 2.75) is 31.7 Å². The minimum Gasteiger partial charge on any atom is -0.325 e. The Morgan fingerprint density at radius 3 is 2.52 bits per heavy atom. The summed E-state index contributed by atoms with van der Waals surface area (Å²) >= 11 is 1.20. The SMILES string of the molecule is Cc1ccc(NC(=O)CSc2ccc(=O)n(-c3ccc(C(C)C)cc3)n2)cc1F. The maximum atomic E-state index is 13.6. The van der Waals surface area contributed by atoms with Gasteiger partial charge in [0, 0.05) is 11.8 Å². The van der Waals surface area contributed by atoms with Gasteiger partial charge < -0.3 is 5.32 Å². The van der Waals surface area contributed by atoms with Gasteiger partial charge in [-0.2, -0.15) is 9.78 Å². The van der Waals surface area contributed by atoms with Crippen LogP contribution in [0.1, 0.15) is 30.9 Å². The molecule has 0 unspecified atom stereocenters. The predicted octanol–water partition coefficient (Wildman–Crippen LogP) is 4.53. The van der Waals surface area contributed by atoms with Crippen LogP contribution in [0.3, 0.4) is 0 Å². The highest BCUT2D eigenvalue weighted by Gasteiger charge is 2.09. The summed E-state index contributed by atoms with van der Waals surface area (Å²) in [7, 11) is 0. The van der Waals surface area contributed by atoms with Crippen LogP contribution in [-0.4, -0.2) is 21.4 Å². The molecular weight excluding hydrogens is 389 g/mol. The molecule has 5 nitrogen and oxygen atoms in total. The van der Waals surface area contributed by atoms with Crippen molar-refractivity contribution in [3.05, 3.63) is 81.9 Å². The number of nitrogens with one attached hydrogen (secondary N) is 1. The Morgan fingerprint density at radius 2 is 1.86 bits per heavy atom. The minimum atomic E-state index is -0.368. The van der Waals surface area contributed by atoms with Crippen LogP contribution in [0, 0.1) is 12.7 Å². The Bertz CT molecular complexity index is 1080. The third kappa shape index (κ3) is 5.32. The van der Waals surface area contributed by atoms with Crippen molar-refractivity contribution >= 4 is 23.4 Å². The van der Waals surface area contributed by atoms with Gasteiger partial charge in [-0.1, -0.05) is 43.8 Å². The molecule has 1 heterocycles. The molecule has 0 radical (unpaired) electrons. The van der Waals surface area contributed by atoms with Crippen LogP contribution in [0.5, 0.6) is 0 Å². The smallest absolute Gasteiger partial charge is 0.271 e. The molecule has 1 amide bonds. The molecule has 0 fully saturated rings. The lowest BCUT2D eigenvalue weighted by atomic mass is 10.0. The molecule has 0 atom stereocenters. The van der Waals surface area contributed by atoms with Gasteiger partial charge in [0.15, 0.2) is 0 Å². The van der Waals surface area contributed by atoms with E-state index in [1.54, 1.807) is 25.1 Å². The molecule has 1 aromatic heterocycles. The topological polar surface area (TPSA) is 64.0 Å². The summed E-state index contributed by atoms with van der Waals surface area (Å²) in [6, 6.07) is 15.2. The van der Waals surface area contributed by atoms with Gasteiger partial charge >= 0.3 is 0 Å². The van der Waals surface area contributed by atoms with Gasteiger partial charge in [-0.15, -0.1) is 0 Å². The molecule has 0 aliphatic carbocycles. The van der Waals surface area contributed by atoms with E-state index in [-0.39, 0.29) is 23.0 Å². The fourth-order valence-electron chi connectivity index (χ4n) is 2.66. The Labute approximate surface area is 173 Å². The van der Waals surface area contributed by atoms with Crippen molar-refractivity contribution in [3.63, 3.8) is 0 Å². The van der Waals surface area contributed by atoms with Crippen LogP contribution in [0.2, 0.25) is 0 Å². The maximum absolute atomic E-state index is 13.6. The molecule has 0 spiro atoms. The number of benzene rings is 2. The Morgan fingerprint density at radius 1 is 1.14 bits per heavy atom. The van der Waals surface area contributed by atoms with E-state index < -0.39 is 0 Å². The third-order valence-corrected chi connectivity index (χ3v) is 5.31. The van der Waals surface area contributed by atoms with Crippen molar-refractivity contribution in [1.29, 1.82) is 0 Å². The van der Waals surface area contributed by atoms with Gasteiger partial charge in [0.2, 0.25) is 5.91 Å². The van der Waals surface area contributed by atoms with Crippen LogP contribution in [0.25, 0.3) is 5.69 Å². The quantitative estimate of drug-likeness (QED) is 0.605. The number of halogens is 1. The molecule has 7 heteroatoms. The number of anilines is 1. The van der Waals surface area contributed by atoms with Crippen molar-refractivity contribution in [2.75, 3.05) is 11.1 Å². The second kappa shape index (κ2) is 9.05. The number of rotatable bonds is 6. The number of hydrogen-bond donors (Lipinski definition) is 1. The zero-order valence-corrected chi connectivity index (χ0v) is 17.3. The Kier molecular flexibility index (Phi) is 6.49. The van der Waals surface area contributed by atoms with Crippen LogP contribution in [-0.2, 0) is 4.79 Å². The average molecular weight is 412 g/mol. The van der Waals surface area contributed by atoms with E-state index in [9.17, 15) is 14.0 Å². The van der Waals surface area contributed by atoms with Gasteiger partial charge in [0.05, 0.1) is 11.4 Å². The summed E-state index contributed by atoms with van der Waals surface area (Å²) < 4.78 is 14.9. The summed E-state index contributed by atoms with van der Waals surface area (Å²) in [5.74, 6) is -0.157. The highest BCUT2D eigenvalue weighted by atomic mass is 32.2. The van der Waals surface area contributed by atoms with Crippen LogP contribution in [0.15, 0.2) is 64.4 Å². The molecule has 150 valence electrons. The normalized spacial score (nSPS) is 10.9. The Hall–Kier alpha value is -2.93. The lowest BCUT2D eigenvalue weighted by Gasteiger charge is -2.09. The lowest BCUT2D eigenvalue weighted by Crippen LogP contribution is -2.21. The first-order chi connectivity index (χ1) is 13.8. The number of thioether (sulfide) groups is 1. The first kappa shape index (κ1) is 20.8.